The summed E-state index contributed by atoms with van der Waals surface area (Å²) >= 11 is 1.62. The minimum absolute atomic E-state index is 0.256. The molecule has 0 spiro atoms. The van der Waals surface area contributed by atoms with Crippen LogP contribution in [0.4, 0.5) is 0 Å². The highest BCUT2D eigenvalue weighted by Crippen LogP contribution is 2.29. The molecule has 1 aromatic carbocycles. The summed E-state index contributed by atoms with van der Waals surface area (Å²) < 4.78 is 0. The number of thiophene rings is 1. The van der Waals surface area contributed by atoms with Gasteiger partial charge in [-0.1, -0.05) is 39.3 Å². The fourth-order valence-corrected chi connectivity index (χ4v) is 4.46. The molecular weight excluding hydrogens is 328 g/mol. The molecule has 25 heavy (non-hydrogen) atoms. The zero-order valence-electron chi connectivity index (χ0n) is 16.1. The zero-order valence-corrected chi connectivity index (χ0v) is 16.9. The molecule has 1 aromatic heterocycles. The van der Waals surface area contributed by atoms with Crippen LogP contribution in [0.3, 0.4) is 0 Å². The van der Waals surface area contributed by atoms with Gasteiger partial charge in [-0.15, -0.1) is 11.3 Å². The Labute approximate surface area is 155 Å². The smallest absolute Gasteiger partial charge is 0.173 e. The Kier molecular flexibility index (Phi) is 6.83. The van der Waals surface area contributed by atoms with Crippen molar-refractivity contribution in [3.8, 4) is 5.75 Å². The first-order valence-electron chi connectivity index (χ1n) is 9.25. The number of aryl methyl sites for hydroxylation is 3. The molecule has 0 amide bonds. The van der Waals surface area contributed by atoms with Gasteiger partial charge in [0.2, 0.25) is 0 Å². The maximum absolute atomic E-state index is 12.8. The van der Waals surface area contributed by atoms with E-state index in [9.17, 15) is 9.90 Å². The summed E-state index contributed by atoms with van der Waals surface area (Å²) in [5.74, 6) is 1.22. The van der Waals surface area contributed by atoms with Gasteiger partial charge in [0, 0.05) is 6.42 Å². The van der Waals surface area contributed by atoms with Gasteiger partial charge in [-0.2, -0.15) is 0 Å². The summed E-state index contributed by atoms with van der Waals surface area (Å²) in [6.07, 6.45) is 4.36. The second-order valence-corrected chi connectivity index (χ2v) is 8.30. The largest absolute Gasteiger partial charge is 0.507 e. The number of benzene rings is 1. The first-order valence-corrected chi connectivity index (χ1v) is 10.1. The van der Waals surface area contributed by atoms with Gasteiger partial charge in [0.05, 0.1) is 4.88 Å². The predicted molar refractivity (Wildman–Crippen MR) is 107 cm³/mol. The van der Waals surface area contributed by atoms with Crippen molar-refractivity contribution in [2.45, 2.75) is 66.7 Å². The maximum atomic E-state index is 12.8. The van der Waals surface area contributed by atoms with Crippen LogP contribution in [0.25, 0.3) is 0 Å². The van der Waals surface area contributed by atoms with Gasteiger partial charge in [0.25, 0.3) is 0 Å². The number of ketones is 1. The van der Waals surface area contributed by atoms with Gasteiger partial charge in [-0.25, -0.2) is 0 Å². The van der Waals surface area contributed by atoms with Crippen LogP contribution in [0.15, 0.2) is 17.5 Å². The Bertz CT molecular complexity index is 717. The topological polar surface area (TPSA) is 37.3 Å². The Morgan fingerprint density at radius 2 is 1.80 bits per heavy atom. The number of carbonyl (C=O) groups is 1. The van der Waals surface area contributed by atoms with E-state index >= 15 is 0 Å². The van der Waals surface area contributed by atoms with Crippen LogP contribution >= 0.6 is 11.3 Å². The number of Topliss-reactive ketones (excluding diaryl/α,β-unsaturated/α-hetero) is 1. The second-order valence-electron chi connectivity index (χ2n) is 7.42. The van der Waals surface area contributed by atoms with E-state index in [0.29, 0.717) is 18.1 Å². The Hall–Kier alpha value is -1.61. The molecule has 1 heterocycles. The fraction of sp³-hybridized carbons (Fsp3) is 0.500. The monoisotopic (exact) mass is 358 g/mol. The number of hydrogen-bond donors (Lipinski definition) is 1. The van der Waals surface area contributed by atoms with Crippen molar-refractivity contribution in [2.24, 2.45) is 5.92 Å². The lowest BCUT2D eigenvalue weighted by Crippen LogP contribution is -2.05. The molecule has 0 atom stereocenters. The molecule has 136 valence electrons. The molecule has 3 heteroatoms. The van der Waals surface area contributed by atoms with Crippen molar-refractivity contribution < 1.29 is 9.90 Å². The molecule has 0 fully saturated rings. The van der Waals surface area contributed by atoms with Crippen LogP contribution in [0.1, 0.15) is 71.1 Å². The van der Waals surface area contributed by atoms with Crippen LogP contribution in [0.5, 0.6) is 5.75 Å². The highest BCUT2D eigenvalue weighted by molar-refractivity contribution is 7.12. The van der Waals surface area contributed by atoms with E-state index in [-0.39, 0.29) is 5.78 Å². The standard InChI is InChI=1S/C22H30O2S/c1-6-7-19-18(10-14(2)3)13-25-22(19)20(23)9-8-17-11-15(4)21(24)16(5)12-17/h11-14,24H,6-10H2,1-5H3. The summed E-state index contributed by atoms with van der Waals surface area (Å²) in [5, 5.41) is 12.1. The maximum Gasteiger partial charge on any atom is 0.173 e. The van der Waals surface area contributed by atoms with Crippen molar-refractivity contribution in [3.05, 3.63) is 50.2 Å². The van der Waals surface area contributed by atoms with Gasteiger partial charge in [-0.05, 0) is 72.2 Å². The van der Waals surface area contributed by atoms with Crippen LogP contribution in [0.2, 0.25) is 0 Å². The fourth-order valence-electron chi connectivity index (χ4n) is 3.35. The minimum Gasteiger partial charge on any atom is -0.507 e. The lowest BCUT2D eigenvalue weighted by atomic mass is 9.95. The molecule has 1 N–H and O–H groups in total. The average molecular weight is 359 g/mol. The second kappa shape index (κ2) is 8.66. The molecule has 0 unspecified atom stereocenters. The van der Waals surface area contributed by atoms with Gasteiger partial charge in [-0.3, -0.25) is 4.79 Å². The zero-order chi connectivity index (χ0) is 18.6. The first kappa shape index (κ1) is 19.7. The molecule has 0 aliphatic rings. The third-order valence-corrected chi connectivity index (χ3v) is 5.67. The van der Waals surface area contributed by atoms with E-state index in [2.05, 4.69) is 26.2 Å². The van der Waals surface area contributed by atoms with Crippen LogP contribution in [-0.4, -0.2) is 10.9 Å². The van der Waals surface area contributed by atoms with Crippen molar-refractivity contribution in [3.63, 3.8) is 0 Å². The molecule has 0 aliphatic heterocycles. The van der Waals surface area contributed by atoms with Gasteiger partial charge in [0.15, 0.2) is 5.78 Å². The third kappa shape index (κ3) is 4.94. The number of phenols is 1. The average Bonchev–Trinajstić information content (AvgIpc) is 2.92. The van der Waals surface area contributed by atoms with E-state index in [0.717, 1.165) is 47.3 Å². The van der Waals surface area contributed by atoms with E-state index in [4.69, 9.17) is 0 Å². The van der Waals surface area contributed by atoms with Crippen LogP contribution in [-0.2, 0) is 19.3 Å². The molecule has 2 nitrogen and oxygen atoms in total. The van der Waals surface area contributed by atoms with Gasteiger partial charge in [0.1, 0.15) is 5.75 Å². The van der Waals surface area contributed by atoms with Gasteiger partial charge >= 0.3 is 0 Å². The quantitative estimate of drug-likeness (QED) is 0.584. The van der Waals surface area contributed by atoms with E-state index in [1.165, 1.54) is 11.1 Å². The first-order chi connectivity index (χ1) is 11.8. The van der Waals surface area contributed by atoms with Crippen LogP contribution in [0, 0.1) is 19.8 Å². The molecule has 0 radical (unpaired) electrons. The van der Waals surface area contributed by atoms with Gasteiger partial charge < -0.3 is 5.11 Å². The highest BCUT2D eigenvalue weighted by Gasteiger charge is 2.18. The van der Waals surface area contributed by atoms with Crippen LogP contribution < -0.4 is 0 Å². The third-order valence-electron chi connectivity index (χ3n) is 4.55. The molecule has 2 rings (SSSR count). The molecular formula is C22H30O2S. The number of rotatable bonds is 8. The lowest BCUT2D eigenvalue weighted by molar-refractivity contribution is 0.0986. The molecule has 0 aliphatic carbocycles. The summed E-state index contributed by atoms with van der Waals surface area (Å²) in [5.41, 5.74) is 5.52. The molecule has 0 saturated heterocycles. The Morgan fingerprint density at radius 1 is 1.16 bits per heavy atom. The summed E-state index contributed by atoms with van der Waals surface area (Å²) in [4.78, 5) is 13.8. The molecule has 0 bridgehead atoms. The highest BCUT2D eigenvalue weighted by atomic mass is 32.1. The Balaban J connectivity index is 2.14. The van der Waals surface area contributed by atoms with E-state index in [1.807, 2.05) is 26.0 Å². The van der Waals surface area contributed by atoms with E-state index in [1.54, 1.807) is 11.3 Å². The molecule has 2 aromatic rings. The SMILES string of the molecule is CCCc1c(CC(C)C)csc1C(=O)CCc1cc(C)c(O)c(C)c1. The number of aromatic hydroxyl groups is 1. The summed E-state index contributed by atoms with van der Waals surface area (Å²) in [6, 6.07) is 3.97. The normalized spacial score (nSPS) is 11.3. The van der Waals surface area contributed by atoms with E-state index < -0.39 is 0 Å². The van der Waals surface area contributed by atoms with Crippen molar-refractivity contribution >= 4 is 17.1 Å². The summed E-state index contributed by atoms with van der Waals surface area (Å²) in [6.45, 7) is 10.4. The lowest BCUT2D eigenvalue weighted by Gasteiger charge is -2.09. The number of phenolic OH excluding ortho intramolecular Hbond substituents is 1. The molecule has 0 saturated carbocycles. The Morgan fingerprint density at radius 3 is 2.36 bits per heavy atom. The minimum atomic E-state index is 0.256. The van der Waals surface area contributed by atoms with Crippen molar-refractivity contribution in [2.75, 3.05) is 0 Å². The number of carbonyl (C=O) groups excluding carboxylic acids is 1. The van der Waals surface area contributed by atoms with Crippen molar-refractivity contribution in [1.29, 1.82) is 0 Å². The van der Waals surface area contributed by atoms with Crippen molar-refractivity contribution in [1.82, 2.24) is 0 Å². The summed E-state index contributed by atoms with van der Waals surface area (Å²) in [7, 11) is 0. The predicted octanol–water partition coefficient (Wildman–Crippen LogP) is 6.04. The number of hydrogen-bond acceptors (Lipinski definition) is 3.